The number of hydrogen-bond donors (Lipinski definition) is 0. The third-order valence-corrected chi connectivity index (χ3v) is 3.82. The second-order valence-corrected chi connectivity index (χ2v) is 6.93. The second-order valence-electron chi connectivity index (χ2n) is 6.50. The molecule has 1 atom stereocenters. The monoisotopic (exact) mass is 310 g/mol. The first kappa shape index (κ1) is 16.3. The van der Waals surface area contributed by atoms with E-state index in [9.17, 15) is 4.79 Å². The van der Waals surface area contributed by atoms with Crippen LogP contribution in [0, 0.1) is 5.41 Å². The summed E-state index contributed by atoms with van der Waals surface area (Å²) in [6, 6.07) is 3.75. The van der Waals surface area contributed by atoms with Crippen LogP contribution in [0.3, 0.4) is 0 Å². The molecule has 1 aliphatic heterocycles. The van der Waals surface area contributed by atoms with Gasteiger partial charge in [0.25, 0.3) is 0 Å². The van der Waals surface area contributed by atoms with E-state index in [4.69, 9.17) is 21.1 Å². The topological polar surface area (TPSA) is 35.5 Å². The van der Waals surface area contributed by atoms with Crippen LogP contribution in [0.1, 0.15) is 38.8 Å². The number of benzene rings is 1. The van der Waals surface area contributed by atoms with Gasteiger partial charge >= 0.3 is 0 Å². The molecule has 0 amide bonds. The first-order chi connectivity index (χ1) is 9.82. The van der Waals surface area contributed by atoms with E-state index < -0.39 is 6.10 Å². The van der Waals surface area contributed by atoms with Crippen LogP contribution in [0.25, 0.3) is 0 Å². The molecule has 0 radical (unpaired) electrons. The van der Waals surface area contributed by atoms with Crippen molar-refractivity contribution in [1.29, 1.82) is 0 Å². The molecule has 1 aliphatic rings. The highest BCUT2D eigenvalue weighted by molar-refractivity contribution is 6.30. The Balaban J connectivity index is 2.23. The van der Waals surface area contributed by atoms with E-state index in [2.05, 4.69) is 0 Å². The van der Waals surface area contributed by atoms with Gasteiger partial charge in [-0.2, -0.15) is 0 Å². The zero-order valence-electron chi connectivity index (χ0n) is 13.2. The average molecular weight is 311 g/mol. The summed E-state index contributed by atoms with van der Waals surface area (Å²) in [5, 5.41) is 0.658. The summed E-state index contributed by atoms with van der Waals surface area (Å²) >= 11 is 6.14. The number of ketones is 1. The van der Waals surface area contributed by atoms with Crippen molar-refractivity contribution in [3.8, 4) is 5.75 Å². The van der Waals surface area contributed by atoms with Crippen molar-refractivity contribution in [2.75, 3.05) is 13.2 Å². The lowest BCUT2D eigenvalue weighted by atomic mass is 9.84. The van der Waals surface area contributed by atoms with Crippen molar-refractivity contribution in [2.45, 2.75) is 46.6 Å². The Hall–Kier alpha value is -1.06. The third-order valence-electron chi connectivity index (χ3n) is 3.60. The van der Waals surface area contributed by atoms with Crippen molar-refractivity contribution in [1.82, 2.24) is 0 Å². The molecule has 0 fully saturated rings. The van der Waals surface area contributed by atoms with Crippen LogP contribution in [0.2, 0.25) is 5.02 Å². The normalized spacial score (nSPS) is 15.5. The van der Waals surface area contributed by atoms with Crippen molar-refractivity contribution in [3.63, 3.8) is 0 Å². The molecule has 0 spiro atoms. The number of hydrogen-bond acceptors (Lipinski definition) is 3. The van der Waals surface area contributed by atoms with Crippen LogP contribution in [0.5, 0.6) is 5.75 Å². The van der Waals surface area contributed by atoms with Crippen molar-refractivity contribution >= 4 is 17.4 Å². The number of carbonyl (C=O) groups excluding carboxylic acids is 1. The fourth-order valence-corrected chi connectivity index (χ4v) is 3.01. The van der Waals surface area contributed by atoms with Crippen LogP contribution in [-0.2, 0) is 22.4 Å². The summed E-state index contributed by atoms with van der Waals surface area (Å²) < 4.78 is 11.3. The third kappa shape index (κ3) is 3.78. The number of ether oxygens (including phenoxy) is 2. The van der Waals surface area contributed by atoms with Gasteiger partial charge in [0.1, 0.15) is 11.9 Å². The zero-order chi connectivity index (χ0) is 15.6. The van der Waals surface area contributed by atoms with E-state index in [0.717, 1.165) is 23.3 Å². The highest BCUT2D eigenvalue weighted by atomic mass is 35.5. The van der Waals surface area contributed by atoms with Crippen LogP contribution < -0.4 is 4.74 Å². The van der Waals surface area contributed by atoms with Gasteiger partial charge in [-0.3, -0.25) is 4.79 Å². The first-order valence-electron chi connectivity index (χ1n) is 7.41. The van der Waals surface area contributed by atoms with Gasteiger partial charge in [-0.25, -0.2) is 0 Å². The Morgan fingerprint density at radius 3 is 2.76 bits per heavy atom. The Bertz CT molecular complexity index is 532. The summed E-state index contributed by atoms with van der Waals surface area (Å²) in [4.78, 5) is 12.6. The van der Waals surface area contributed by atoms with Gasteiger partial charge in [-0.05, 0) is 30.0 Å². The fraction of sp³-hybridized carbons (Fsp3) is 0.588. The summed E-state index contributed by atoms with van der Waals surface area (Å²) in [6.07, 6.45) is 0.731. The molecule has 0 bridgehead atoms. The molecule has 116 valence electrons. The number of carbonyl (C=O) groups is 1. The van der Waals surface area contributed by atoms with E-state index >= 15 is 0 Å². The molecule has 2 rings (SSSR count). The standard InChI is InChI=1S/C17H23ClO3/c1-5-20-16(17(2,3)4)14(19)10-12-9-13(18)8-11-6-7-21-15(11)12/h8-9,16H,5-7,10H2,1-4H3. The summed E-state index contributed by atoms with van der Waals surface area (Å²) in [7, 11) is 0. The molecule has 1 heterocycles. The fourth-order valence-electron chi connectivity index (χ4n) is 2.75. The molecule has 21 heavy (non-hydrogen) atoms. The molecule has 0 saturated carbocycles. The molecule has 0 saturated heterocycles. The van der Waals surface area contributed by atoms with Crippen LogP contribution in [-0.4, -0.2) is 25.1 Å². The Labute approximate surface area is 131 Å². The molecule has 1 aromatic carbocycles. The number of rotatable bonds is 5. The highest BCUT2D eigenvalue weighted by Crippen LogP contribution is 2.34. The molecule has 0 aromatic heterocycles. The zero-order valence-corrected chi connectivity index (χ0v) is 13.9. The SMILES string of the molecule is CCOC(C(=O)Cc1cc(Cl)cc2c1OCC2)C(C)(C)C. The predicted molar refractivity (Wildman–Crippen MR) is 84.2 cm³/mol. The summed E-state index contributed by atoms with van der Waals surface area (Å²) in [5.74, 6) is 0.904. The molecule has 4 heteroatoms. The largest absolute Gasteiger partial charge is 0.493 e. The summed E-state index contributed by atoms with van der Waals surface area (Å²) in [5.41, 5.74) is 1.73. The van der Waals surface area contributed by atoms with E-state index in [0.29, 0.717) is 24.7 Å². The average Bonchev–Trinajstić information content (AvgIpc) is 2.82. The van der Waals surface area contributed by atoms with Gasteiger partial charge in [0.15, 0.2) is 5.78 Å². The maximum Gasteiger partial charge on any atom is 0.166 e. The minimum Gasteiger partial charge on any atom is -0.493 e. The molecule has 0 aliphatic carbocycles. The number of Topliss-reactive ketones (excluding diaryl/α,β-unsaturated/α-hetero) is 1. The van der Waals surface area contributed by atoms with Gasteiger partial charge in [0.2, 0.25) is 0 Å². The quantitative estimate of drug-likeness (QED) is 0.829. The molecular weight excluding hydrogens is 288 g/mol. The van der Waals surface area contributed by atoms with Gasteiger partial charge in [0, 0.05) is 30.0 Å². The van der Waals surface area contributed by atoms with E-state index in [-0.39, 0.29) is 11.2 Å². The molecular formula is C17H23ClO3. The maximum absolute atomic E-state index is 12.6. The lowest BCUT2D eigenvalue weighted by molar-refractivity contribution is -0.136. The Kier molecular flexibility index (Phi) is 4.95. The van der Waals surface area contributed by atoms with Crippen molar-refractivity contribution < 1.29 is 14.3 Å². The first-order valence-corrected chi connectivity index (χ1v) is 7.79. The molecule has 1 aromatic rings. The lowest BCUT2D eigenvalue weighted by Gasteiger charge is -2.29. The van der Waals surface area contributed by atoms with Crippen LogP contribution in [0.15, 0.2) is 12.1 Å². The highest BCUT2D eigenvalue weighted by Gasteiger charge is 2.32. The Morgan fingerprint density at radius 2 is 2.14 bits per heavy atom. The van der Waals surface area contributed by atoms with Gasteiger partial charge < -0.3 is 9.47 Å². The maximum atomic E-state index is 12.6. The smallest absolute Gasteiger partial charge is 0.166 e. The summed E-state index contributed by atoms with van der Waals surface area (Å²) in [6.45, 7) is 9.15. The Morgan fingerprint density at radius 1 is 1.43 bits per heavy atom. The second kappa shape index (κ2) is 6.37. The van der Waals surface area contributed by atoms with E-state index in [1.54, 1.807) is 0 Å². The van der Waals surface area contributed by atoms with Crippen LogP contribution in [0.4, 0.5) is 0 Å². The van der Waals surface area contributed by atoms with Gasteiger partial charge in [-0.1, -0.05) is 32.4 Å². The molecule has 1 unspecified atom stereocenters. The van der Waals surface area contributed by atoms with Gasteiger partial charge in [-0.15, -0.1) is 0 Å². The number of halogens is 1. The van der Waals surface area contributed by atoms with E-state index in [1.165, 1.54) is 0 Å². The van der Waals surface area contributed by atoms with E-state index in [1.807, 2.05) is 39.8 Å². The predicted octanol–water partition coefficient (Wildman–Crippen LogP) is 3.84. The minimum absolute atomic E-state index is 0.0734. The molecule has 3 nitrogen and oxygen atoms in total. The van der Waals surface area contributed by atoms with Crippen molar-refractivity contribution in [2.24, 2.45) is 5.41 Å². The van der Waals surface area contributed by atoms with Gasteiger partial charge in [0.05, 0.1) is 6.61 Å². The number of fused-ring (bicyclic) bond motifs is 1. The molecule has 0 N–H and O–H groups in total. The van der Waals surface area contributed by atoms with Crippen molar-refractivity contribution in [3.05, 3.63) is 28.3 Å². The lowest BCUT2D eigenvalue weighted by Crippen LogP contribution is -2.38. The minimum atomic E-state index is -0.418. The van der Waals surface area contributed by atoms with Crippen LogP contribution >= 0.6 is 11.6 Å².